The molecule has 0 spiro atoms. The number of rotatable bonds is 3. The van der Waals surface area contributed by atoms with Crippen LogP contribution in [0.15, 0.2) is 78.5 Å². The Balaban J connectivity index is 1.64. The lowest BCUT2D eigenvalue weighted by atomic mass is 9.86. The number of Topliss-reactive ketones (excluding diaryl/α,β-unsaturated/α-hetero) is 1. The van der Waals surface area contributed by atoms with Gasteiger partial charge in [0.1, 0.15) is 11.5 Å². The van der Waals surface area contributed by atoms with E-state index in [4.69, 9.17) is 0 Å². The Bertz CT molecular complexity index is 1130. The van der Waals surface area contributed by atoms with Gasteiger partial charge in [-0.3, -0.25) is 9.78 Å². The number of phenols is 2. The van der Waals surface area contributed by atoms with Gasteiger partial charge in [-0.15, -0.1) is 0 Å². The van der Waals surface area contributed by atoms with E-state index in [1.165, 1.54) is 17.0 Å². The van der Waals surface area contributed by atoms with Crippen LogP contribution < -0.4 is 5.32 Å². The zero-order valence-electron chi connectivity index (χ0n) is 16.6. The second-order valence-electron chi connectivity index (χ2n) is 7.26. The topological polar surface area (TPSA) is 103 Å². The van der Waals surface area contributed by atoms with Gasteiger partial charge in [0.25, 0.3) is 0 Å². The van der Waals surface area contributed by atoms with E-state index in [0.717, 1.165) is 11.6 Å². The predicted molar refractivity (Wildman–Crippen MR) is 117 cm³/mol. The average Bonchev–Trinajstić information content (AvgIpc) is 2.78. The molecule has 1 aliphatic heterocycles. The number of amides is 2. The third-order valence-corrected chi connectivity index (χ3v) is 5.12. The van der Waals surface area contributed by atoms with Gasteiger partial charge in [-0.05, 0) is 35.9 Å². The molecule has 3 aromatic rings. The van der Waals surface area contributed by atoms with Crippen molar-refractivity contribution in [2.24, 2.45) is 0 Å². The minimum atomic E-state index is -0.510. The molecule has 2 amide bonds. The van der Waals surface area contributed by atoms with E-state index in [9.17, 15) is 19.8 Å². The highest BCUT2D eigenvalue weighted by molar-refractivity contribution is 6.06. The van der Waals surface area contributed by atoms with Crippen molar-refractivity contribution in [2.45, 2.75) is 5.92 Å². The van der Waals surface area contributed by atoms with E-state index in [-0.39, 0.29) is 36.1 Å². The number of aromatic nitrogens is 1. The zero-order chi connectivity index (χ0) is 21.8. The summed E-state index contributed by atoms with van der Waals surface area (Å²) < 4.78 is 0. The molecule has 1 atom stereocenters. The first-order valence-electron chi connectivity index (χ1n) is 9.80. The number of urea groups is 1. The van der Waals surface area contributed by atoms with Crippen LogP contribution in [0.5, 0.6) is 11.5 Å². The van der Waals surface area contributed by atoms with Crippen molar-refractivity contribution < 1.29 is 19.8 Å². The Morgan fingerprint density at radius 1 is 1.06 bits per heavy atom. The molecule has 1 aromatic heterocycles. The molecule has 1 unspecified atom stereocenters. The molecular formula is C24H21N3O4. The highest BCUT2D eigenvalue weighted by Gasteiger charge is 2.34. The molecule has 0 radical (unpaired) electrons. The lowest BCUT2D eigenvalue weighted by Gasteiger charge is -2.33. The van der Waals surface area contributed by atoms with Crippen molar-refractivity contribution in [3.63, 3.8) is 0 Å². The van der Waals surface area contributed by atoms with Crippen LogP contribution in [-0.2, 0) is 4.79 Å². The Morgan fingerprint density at radius 2 is 1.84 bits per heavy atom. The average molecular weight is 415 g/mol. The van der Waals surface area contributed by atoms with Crippen LogP contribution in [0.3, 0.4) is 0 Å². The number of anilines is 1. The van der Waals surface area contributed by atoms with Crippen LogP contribution in [0.4, 0.5) is 10.5 Å². The number of aromatic hydroxyl groups is 2. The van der Waals surface area contributed by atoms with Gasteiger partial charge in [-0.2, -0.15) is 0 Å². The molecular weight excluding hydrogens is 394 g/mol. The van der Waals surface area contributed by atoms with Crippen LogP contribution in [0, 0.1) is 0 Å². The van der Waals surface area contributed by atoms with E-state index in [1.54, 1.807) is 24.4 Å². The molecule has 1 saturated heterocycles. The van der Waals surface area contributed by atoms with Gasteiger partial charge in [-0.25, -0.2) is 4.79 Å². The number of hydrogen-bond donors (Lipinski definition) is 3. The molecule has 4 rings (SSSR count). The minimum Gasteiger partial charge on any atom is -0.508 e. The van der Waals surface area contributed by atoms with Crippen molar-refractivity contribution in [3.8, 4) is 11.5 Å². The summed E-state index contributed by atoms with van der Waals surface area (Å²) in [6, 6.07) is 18.2. The van der Waals surface area contributed by atoms with Crippen molar-refractivity contribution in [1.82, 2.24) is 9.88 Å². The summed E-state index contributed by atoms with van der Waals surface area (Å²) >= 11 is 0. The lowest BCUT2D eigenvalue weighted by molar-refractivity contribution is -0.118. The van der Waals surface area contributed by atoms with Gasteiger partial charge in [-0.1, -0.05) is 36.4 Å². The summed E-state index contributed by atoms with van der Waals surface area (Å²) in [4.78, 5) is 32.0. The third-order valence-electron chi connectivity index (χ3n) is 5.12. The highest BCUT2D eigenvalue weighted by atomic mass is 16.3. The Hall–Kier alpha value is -4.13. The molecule has 2 aromatic carbocycles. The van der Waals surface area contributed by atoms with Gasteiger partial charge in [0.2, 0.25) is 0 Å². The van der Waals surface area contributed by atoms with E-state index in [1.807, 2.05) is 36.4 Å². The van der Waals surface area contributed by atoms with Crippen molar-refractivity contribution in [2.75, 3.05) is 18.4 Å². The maximum Gasteiger partial charge on any atom is 0.322 e. The van der Waals surface area contributed by atoms with Crippen molar-refractivity contribution in [1.29, 1.82) is 0 Å². The minimum absolute atomic E-state index is 0.0478. The maximum atomic E-state index is 13.2. The van der Waals surface area contributed by atoms with Crippen molar-refractivity contribution in [3.05, 3.63) is 89.8 Å². The fourth-order valence-corrected chi connectivity index (χ4v) is 3.55. The first-order chi connectivity index (χ1) is 15.0. The molecule has 1 fully saturated rings. The number of piperidine rings is 1. The monoisotopic (exact) mass is 415 g/mol. The van der Waals surface area contributed by atoms with E-state index in [0.29, 0.717) is 11.3 Å². The van der Waals surface area contributed by atoms with Crippen LogP contribution in [-0.4, -0.2) is 45.0 Å². The molecule has 0 bridgehead atoms. The van der Waals surface area contributed by atoms with Gasteiger partial charge in [0.15, 0.2) is 5.78 Å². The van der Waals surface area contributed by atoms with E-state index < -0.39 is 11.9 Å². The summed E-state index contributed by atoms with van der Waals surface area (Å²) in [5, 5.41) is 22.1. The summed E-state index contributed by atoms with van der Waals surface area (Å²) in [6.07, 6.45) is 3.35. The fraction of sp³-hybridized carbons (Fsp3) is 0.125. The number of nitrogens with zero attached hydrogens (tertiary/aromatic N) is 2. The van der Waals surface area contributed by atoms with Gasteiger partial charge in [0, 0.05) is 24.4 Å². The Labute approximate surface area is 179 Å². The highest BCUT2D eigenvalue weighted by Crippen LogP contribution is 2.30. The summed E-state index contributed by atoms with van der Waals surface area (Å²) in [7, 11) is 0. The summed E-state index contributed by atoms with van der Waals surface area (Å²) in [6.45, 7) is 0.316. The van der Waals surface area contributed by atoms with Gasteiger partial charge < -0.3 is 20.4 Å². The quantitative estimate of drug-likeness (QED) is 0.343. The Kier molecular flexibility index (Phi) is 5.66. The van der Waals surface area contributed by atoms with Crippen LogP contribution in [0.1, 0.15) is 17.2 Å². The lowest BCUT2D eigenvalue weighted by Crippen LogP contribution is -2.46. The number of likely N-dealkylation sites (tertiary alicyclic amines) is 1. The number of ketones is 1. The number of pyridine rings is 1. The Morgan fingerprint density at radius 3 is 2.55 bits per heavy atom. The molecule has 7 heteroatoms. The number of benzene rings is 2. The molecule has 1 aliphatic rings. The molecule has 0 aliphatic carbocycles. The number of carbonyl (C=O) groups excluding carboxylic acids is 2. The molecule has 7 nitrogen and oxygen atoms in total. The molecule has 31 heavy (non-hydrogen) atoms. The molecule has 2 heterocycles. The predicted octanol–water partition coefficient (Wildman–Crippen LogP) is 3.78. The second-order valence-corrected chi connectivity index (χ2v) is 7.26. The van der Waals surface area contributed by atoms with E-state index >= 15 is 0 Å². The van der Waals surface area contributed by atoms with E-state index in [2.05, 4.69) is 10.3 Å². The first-order valence-corrected chi connectivity index (χ1v) is 9.80. The largest absolute Gasteiger partial charge is 0.508 e. The van der Waals surface area contributed by atoms with Crippen LogP contribution in [0.25, 0.3) is 6.08 Å². The van der Waals surface area contributed by atoms with Gasteiger partial charge >= 0.3 is 6.03 Å². The summed E-state index contributed by atoms with van der Waals surface area (Å²) in [5.41, 5.74) is 2.11. The van der Waals surface area contributed by atoms with Crippen molar-refractivity contribution >= 4 is 23.6 Å². The second kappa shape index (κ2) is 8.71. The maximum absolute atomic E-state index is 13.2. The molecule has 3 N–H and O–H groups in total. The van der Waals surface area contributed by atoms with Crippen LogP contribution >= 0.6 is 0 Å². The smallest absolute Gasteiger partial charge is 0.322 e. The molecule has 156 valence electrons. The molecule has 0 saturated carbocycles. The fourth-order valence-electron chi connectivity index (χ4n) is 3.55. The third kappa shape index (κ3) is 4.56. The number of phenolic OH excluding ortho intramolecular Hbond substituents is 2. The SMILES string of the molecule is O=C1C(=Cc2ccccn2)CN(C(=O)Nc2ccc(O)cc2O)CC1c1ccccc1. The van der Waals surface area contributed by atoms with Crippen LogP contribution in [0.2, 0.25) is 0 Å². The normalized spacial score (nSPS) is 17.5. The number of nitrogens with one attached hydrogen (secondary N) is 1. The standard InChI is InChI=1S/C24H21N3O4/c28-19-9-10-21(22(29)13-19)26-24(31)27-14-17(12-18-8-4-5-11-25-18)23(30)20(15-27)16-6-2-1-3-7-16/h1-13,20,28-29H,14-15H2,(H,26,31). The first kappa shape index (κ1) is 20.2. The summed E-state index contributed by atoms with van der Waals surface area (Å²) in [5.74, 6) is -0.911. The van der Waals surface area contributed by atoms with Gasteiger partial charge in [0.05, 0.1) is 23.8 Å². The zero-order valence-corrected chi connectivity index (χ0v) is 16.6. The number of carbonyl (C=O) groups is 2. The number of hydrogen-bond acceptors (Lipinski definition) is 5.